The molecular weight excluding hydrogens is 474 g/mol. The molecule has 4 aromatic carbocycles. The number of hydrogen-bond acceptors (Lipinski definition) is 5. The average Bonchev–Trinajstić information content (AvgIpc) is 3.27. The molecule has 7 nitrogen and oxygen atoms in total. The number of thiocarbonyl (C=S) groups is 1. The van der Waals surface area contributed by atoms with E-state index in [1.807, 2.05) is 60.7 Å². The first-order valence-electron chi connectivity index (χ1n) is 11.1. The first-order chi connectivity index (χ1) is 17.5. The van der Waals surface area contributed by atoms with Gasteiger partial charge in [0.1, 0.15) is 16.9 Å². The molecule has 1 aromatic heterocycles. The zero-order valence-corrected chi connectivity index (χ0v) is 20.0. The Balaban J connectivity index is 1.41. The van der Waals surface area contributed by atoms with Gasteiger partial charge in [0, 0.05) is 33.2 Å². The van der Waals surface area contributed by atoms with E-state index >= 15 is 0 Å². The second kappa shape index (κ2) is 9.89. The Morgan fingerprint density at radius 2 is 1.72 bits per heavy atom. The molecule has 0 aliphatic heterocycles. The van der Waals surface area contributed by atoms with E-state index in [0.29, 0.717) is 11.4 Å². The molecule has 178 valence electrons. The van der Waals surface area contributed by atoms with Crippen molar-refractivity contribution >= 4 is 57.1 Å². The summed E-state index contributed by atoms with van der Waals surface area (Å²) < 4.78 is 12.0. The first kappa shape index (κ1) is 23.1. The van der Waals surface area contributed by atoms with E-state index in [9.17, 15) is 4.79 Å². The number of nitrogens with zero attached hydrogens (tertiary/aromatic N) is 1. The minimum absolute atomic E-state index is 0.160. The highest BCUT2D eigenvalue weighted by atomic mass is 32.1. The Morgan fingerprint density at radius 3 is 2.56 bits per heavy atom. The summed E-state index contributed by atoms with van der Waals surface area (Å²) in [6.45, 7) is 0. The molecule has 1 heterocycles. The van der Waals surface area contributed by atoms with Gasteiger partial charge in [-0.3, -0.25) is 5.43 Å². The highest BCUT2D eigenvalue weighted by Gasteiger charge is 2.16. The van der Waals surface area contributed by atoms with Gasteiger partial charge in [0.2, 0.25) is 0 Å². The van der Waals surface area contributed by atoms with E-state index in [0.717, 1.165) is 38.6 Å². The minimum Gasteiger partial charge on any atom is -0.495 e. The highest BCUT2D eigenvalue weighted by Crippen LogP contribution is 2.40. The largest absolute Gasteiger partial charge is 0.495 e. The summed E-state index contributed by atoms with van der Waals surface area (Å²) in [6.07, 6.45) is 1.61. The number of furan rings is 1. The highest BCUT2D eigenvalue weighted by molar-refractivity contribution is 7.80. The normalized spacial score (nSPS) is 11.1. The first-order valence-corrected chi connectivity index (χ1v) is 11.5. The second-order valence-electron chi connectivity index (χ2n) is 7.92. The predicted octanol–water partition coefficient (Wildman–Crippen LogP) is 6.28. The van der Waals surface area contributed by atoms with E-state index in [-0.39, 0.29) is 10.7 Å². The maximum Gasteiger partial charge on any atom is 0.335 e. The standard InChI is InChI=1S/C28H21N3O4S/c1-34-25-18(16-29-31-28(36)30-19-9-4-7-17(15-19)27(32)33)8-5-11-22(25)23-13-6-12-21-20-10-2-3-14-24(20)35-26(21)23/h2-16H,1H3,(H,32,33)(H2,30,31,36)/b29-16+. The van der Waals surface area contributed by atoms with Crippen LogP contribution in [-0.4, -0.2) is 29.5 Å². The molecule has 0 fully saturated rings. The summed E-state index contributed by atoms with van der Waals surface area (Å²) in [7, 11) is 1.62. The van der Waals surface area contributed by atoms with Crippen LogP contribution in [0.1, 0.15) is 15.9 Å². The van der Waals surface area contributed by atoms with Crippen molar-refractivity contribution in [2.24, 2.45) is 5.10 Å². The second-order valence-corrected chi connectivity index (χ2v) is 8.33. The van der Waals surface area contributed by atoms with Gasteiger partial charge in [0.15, 0.2) is 5.11 Å². The number of hydrazone groups is 1. The molecule has 8 heteroatoms. The average molecular weight is 496 g/mol. The Hall–Kier alpha value is -4.69. The number of nitrogens with one attached hydrogen (secondary N) is 2. The fraction of sp³-hybridized carbons (Fsp3) is 0.0357. The van der Waals surface area contributed by atoms with Crippen molar-refractivity contribution in [3.63, 3.8) is 0 Å². The van der Waals surface area contributed by atoms with Gasteiger partial charge in [-0.15, -0.1) is 0 Å². The quantitative estimate of drug-likeness (QED) is 0.145. The lowest BCUT2D eigenvalue weighted by Gasteiger charge is -2.12. The predicted molar refractivity (Wildman–Crippen MR) is 146 cm³/mol. The van der Waals surface area contributed by atoms with Gasteiger partial charge in [-0.05, 0) is 42.5 Å². The summed E-state index contributed by atoms with van der Waals surface area (Å²) in [5.74, 6) is -0.370. The third-order valence-electron chi connectivity index (χ3n) is 5.68. The molecular formula is C28H21N3O4S. The zero-order chi connectivity index (χ0) is 25.1. The number of rotatable bonds is 6. The third-order valence-corrected chi connectivity index (χ3v) is 5.87. The number of anilines is 1. The van der Waals surface area contributed by atoms with Crippen molar-refractivity contribution in [3.8, 4) is 16.9 Å². The van der Waals surface area contributed by atoms with Crippen molar-refractivity contribution in [1.29, 1.82) is 0 Å². The van der Waals surface area contributed by atoms with Crippen LogP contribution in [0.3, 0.4) is 0 Å². The Bertz CT molecular complexity index is 1640. The topological polar surface area (TPSA) is 96.1 Å². The van der Waals surface area contributed by atoms with Crippen LogP contribution in [0.4, 0.5) is 5.69 Å². The Morgan fingerprint density at radius 1 is 0.972 bits per heavy atom. The molecule has 0 spiro atoms. The number of hydrogen-bond donors (Lipinski definition) is 3. The van der Waals surface area contributed by atoms with Crippen LogP contribution in [0.25, 0.3) is 33.1 Å². The lowest BCUT2D eigenvalue weighted by molar-refractivity contribution is 0.0697. The number of carboxylic acids is 1. The zero-order valence-electron chi connectivity index (χ0n) is 19.2. The number of fused-ring (bicyclic) bond motifs is 3. The monoisotopic (exact) mass is 495 g/mol. The van der Waals surface area contributed by atoms with Crippen molar-refractivity contribution in [1.82, 2.24) is 5.43 Å². The summed E-state index contributed by atoms with van der Waals surface area (Å²) >= 11 is 5.28. The van der Waals surface area contributed by atoms with Gasteiger partial charge < -0.3 is 19.6 Å². The fourth-order valence-corrected chi connectivity index (χ4v) is 4.28. The number of para-hydroxylation sites is 3. The van der Waals surface area contributed by atoms with Crippen LogP contribution in [0.15, 0.2) is 94.4 Å². The van der Waals surface area contributed by atoms with Gasteiger partial charge in [-0.2, -0.15) is 5.10 Å². The summed E-state index contributed by atoms with van der Waals surface area (Å²) in [6, 6.07) is 26.2. The number of aromatic carboxylic acids is 1. The molecule has 0 unspecified atom stereocenters. The molecule has 0 bridgehead atoms. The number of carboxylic acid groups (broad SMARTS) is 1. The Labute approximate surface area is 212 Å². The molecule has 0 radical (unpaired) electrons. The fourth-order valence-electron chi connectivity index (χ4n) is 4.11. The van der Waals surface area contributed by atoms with Crippen LogP contribution in [0.5, 0.6) is 5.75 Å². The molecule has 3 N–H and O–H groups in total. The molecule has 5 rings (SSSR count). The molecule has 0 amide bonds. The number of ether oxygens (including phenoxy) is 1. The molecule has 5 aromatic rings. The van der Waals surface area contributed by atoms with E-state index in [1.165, 1.54) is 12.1 Å². The van der Waals surface area contributed by atoms with Crippen LogP contribution in [0.2, 0.25) is 0 Å². The molecule has 0 atom stereocenters. The molecule has 36 heavy (non-hydrogen) atoms. The summed E-state index contributed by atoms with van der Waals surface area (Å²) in [5, 5.41) is 18.6. The molecule has 0 aliphatic carbocycles. The lowest BCUT2D eigenvalue weighted by atomic mass is 9.99. The molecule has 0 aliphatic rings. The van der Waals surface area contributed by atoms with E-state index in [2.05, 4.69) is 15.8 Å². The Kier molecular flexibility index (Phi) is 6.34. The van der Waals surface area contributed by atoms with E-state index in [1.54, 1.807) is 25.5 Å². The van der Waals surface area contributed by atoms with Crippen LogP contribution >= 0.6 is 12.2 Å². The summed E-state index contributed by atoms with van der Waals surface area (Å²) in [4.78, 5) is 11.2. The van der Waals surface area contributed by atoms with Crippen molar-refractivity contribution in [2.75, 3.05) is 12.4 Å². The minimum atomic E-state index is -1.01. The van der Waals surface area contributed by atoms with Crippen LogP contribution in [-0.2, 0) is 0 Å². The van der Waals surface area contributed by atoms with Gasteiger partial charge in [-0.1, -0.05) is 54.6 Å². The van der Waals surface area contributed by atoms with Crippen molar-refractivity contribution in [2.45, 2.75) is 0 Å². The van der Waals surface area contributed by atoms with Crippen LogP contribution in [0, 0.1) is 0 Å². The van der Waals surface area contributed by atoms with Gasteiger partial charge >= 0.3 is 5.97 Å². The third kappa shape index (κ3) is 4.49. The number of methoxy groups -OCH3 is 1. The van der Waals surface area contributed by atoms with Gasteiger partial charge in [-0.25, -0.2) is 4.79 Å². The maximum atomic E-state index is 11.2. The number of carbonyl (C=O) groups is 1. The summed E-state index contributed by atoms with van der Waals surface area (Å²) in [5.41, 5.74) is 7.61. The van der Waals surface area contributed by atoms with Gasteiger partial charge in [0.25, 0.3) is 0 Å². The molecule has 0 saturated carbocycles. The van der Waals surface area contributed by atoms with Gasteiger partial charge in [0.05, 0.1) is 18.9 Å². The van der Waals surface area contributed by atoms with Crippen molar-refractivity contribution < 1.29 is 19.1 Å². The lowest BCUT2D eigenvalue weighted by Crippen LogP contribution is -2.24. The maximum absolute atomic E-state index is 11.2. The number of benzene rings is 4. The molecule has 0 saturated heterocycles. The van der Waals surface area contributed by atoms with E-state index < -0.39 is 5.97 Å². The van der Waals surface area contributed by atoms with E-state index in [4.69, 9.17) is 26.5 Å². The smallest absolute Gasteiger partial charge is 0.335 e. The van der Waals surface area contributed by atoms with Crippen molar-refractivity contribution in [3.05, 3.63) is 96.1 Å². The van der Waals surface area contributed by atoms with Crippen LogP contribution < -0.4 is 15.5 Å². The SMILES string of the molecule is COc1c(/C=N/NC(=S)Nc2cccc(C(=O)O)c2)cccc1-c1cccc2c1oc1ccccc12.